The maximum atomic E-state index is 11.8. The molecule has 1 heterocycles. The van der Waals surface area contributed by atoms with Crippen molar-refractivity contribution in [2.24, 2.45) is 0 Å². The molecule has 1 aliphatic rings. The van der Waals surface area contributed by atoms with Gasteiger partial charge in [0.25, 0.3) is 0 Å². The first-order valence-electron chi connectivity index (χ1n) is 10.6. The van der Waals surface area contributed by atoms with Crippen LogP contribution in [-0.4, -0.2) is 30.9 Å². The molecule has 1 aliphatic heterocycles. The summed E-state index contributed by atoms with van der Waals surface area (Å²) in [6.45, 7) is 8.80. The molecule has 0 spiro atoms. The van der Waals surface area contributed by atoms with Crippen LogP contribution in [0, 0.1) is 0 Å². The molecule has 1 aromatic rings. The van der Waals surface area contributed by atoms with Crippen molar-refractivity contribution >= 4 is 13.1 Å². The van der Waals surface area contributed by atoms with E-state index in [1.54, 1.807) is 12.1 Å². The van der Waals surface area contributed by atoms with Crippen molar-refractivity contribution in [1.82, 2.24) is 0 Å². The van der Waals surface area contributed by atoms with Gasteiger partial charge in [-0.3, -0.25) is 0 Å². The van der Waals surface area contributed by atoms with Crippen LogP contribution in [0.15, 0.2) is 42.4 Å². The van der Waals surface area contributed by atoms with Gasteiger partial charge in [0.15, 0.2) is 0 Å². The molecule has 0 amide bonds. The first-order valence-corrected chi connectivity index (χ1v) is 10.6. The van der Waals surface area contributed by atoms with E-state index in [0.717, 1.165) is 19.3 Å². The lowest BCUT2D eigenvalue weighted by atomic mass is 9.89. The second-order valence-corrected chi connectivity index (χ2v) is 8.46. The van der Waals surface area contributed by atoms with Crippen LogP contribution in [0.5, 0.6) is 0 Å². The summed E-state index contributed by atoms with van der Waals surface area (Å²) in [6.07, 6.45) is 10.1. The Kier molecular flexibility index (Phi) is 8.77. The molecule has 4 nitrogen and oxygen atoms in total. The monoisotopic (exact) mass is 386 g/mol. The van der Waals surface area contributed by atoms with Crippen LogP contribution in [0.1, 0.15) is 83.0 Å². The standard InChI is InChI=1S/C23H35BO4/c1-22(2)23(3,4)28-24(27-22)18-14-9-7-5-6-8-10-15-19-26-21(25)20-16-12-11-13-17-20/h11-14,16-18H,5-10,15,19H2,1-4H3/b18-14+. The van der Waals surface area contributed by atoms with E-state index >= 15 is 0 Å². The zero-order valence-electron chi connectivity index (χ0n) is 17.9. The molecule has 1 fully saturated rings. The molecule has 0 radical (unpaired) electrons. The molecule has 0 aromatic heterocycles. The first kappa shape index (κ1) is 22.7. The summed E-state index contributed by atoms with van der Waals surface area (Å²) < 4.78 is 17.2. The lowest BCUT2D eigenvalue weighted by Gasteiger charge is -2.32. The Morgan fingerprint density at radius 1 is 0.929 bits per heavy atom. The summed E-state index contributed by atoms with van der Waals surface area (Å²) in [7, 11) is -0.233. The molecule has 1 saturated heterocycles. The molecule has 5 heteroatoms. The van der Waals surface area contributed by atoms with Crippen LogP contribution < -0.4 is 0 Å². The third-order valence-electron chi connectivity index (χ3n) is 5.57. The Morgan fingerprint density at radius 3 is 2.14 bits per heavy atom. The number of carbonyl (C=O) groups is 1. The summed E-state index contributed by atoms with van der Waals surface area (Å²) in [5, 5.41) is 0. The number of allylic oxidation sites excluding steroid dienone is 1. The van der Waals surface area contributed by atoms with Gasteiger partial charge in [0.05, 0.1) is 23.4 Å². The fourth-order valence-corrected chi connectivity index (χ4v) is 3.07. The Balaban J connectivity index is 1.44. The molecule has 0 aliphatic carbocycles. The lowest BCUT2D eigenvalue weighted by molar-refractivity contribution is 0.00578. The van der Waals surface area contributed by atoms with E-state index in [1.165, 1.54) is 25.7 Å². The molecule has 2 rings (SSSR count). The van der Waals surface area contributed by atoms with Gasteiger partial charge in [0.1, 0.15) is 0 Å². The molecular formula is C23H35BO4. The minimum absolute atomic E-state index is 0.227. The highest BCUT2D eigenvalue weighted by atomic mass is 16.7. The predicted molar refractivity (Wildman–Crippen MR) is 114 cm³/mol. The number of ether oxygens (including phenoxy) is 1. The quantitative estimate of drug-likeness (QED) is 0.275. The van der Waals surface area contributed by atoms with Crippen LogP contribution in [0.3, 0.4) is 0 Å². The van der Waals surface area contributed by atoms with Gasteiger partial charge in [0, 0.05) is 0 Å². The number of esters is 1. The third kappa shape index (κ3) is 7.10. The van der Waals surface area contributed by atoms with Gasteiger partial charge in [-0.15, -0.1) is 0 Å². The van der Waals surface area contributed by atoms with Crippen molar-refractivity contribution in [2.45, 2.75) is 83.8 Å². The topological polar surface area (TPSA) is 44.8 Å². The van der Waals surface area contributed by atoms with Crippen molar-refractivity contribution in [3.63, 3.8) is 0 Å². The van der Waals surface area contributed by atoms with Crippen LogP contribution in [-0.2, 0) is 14.0 Å². The summed E-state index contributed by atoms with van der Waals surface area (Å²) in [4.78, 5) is 11.8. The number of benzene rings is 1. The molecule has 1 aromatic carbocycles. The molecular weight excluding hydrogens is 351 g/mol. The Hall–Kier alpha value is -1.59. The number of rotatable bonds is 11. The van der Waals surface area contributed by atoms with Gasteiger partial charge in [-0.2, -0.15) is 0 Å². The SMILES string of the molecule is CC1(C)OB(/C=C/CCCCCCCCOC(=O)c2ccccc2)OC1(C)C. The van der Waals surface area contributed by atoms with Gasteiger partial charge in [-0.25, -0.2) is 4.79 Å². The zero-order chi connectivity index (χ0) is 20.5. The third-order valence-corrected chi connectivity index (χ3v) is 5.57. The minimum Gasteiger partial charge on any atom is -0.462 e. The van der Waals surface area contributed by atoms with Crippen molar-refractivity contribution in [3.05, 3.63) is 47.9 Å². The number of hydrogen-bond donors (Lipinski definition) is 0. The average Bonchev–Trinajstić information content (AvgIpc) is 2.86. The van der Waals surface area contributed by atoms with Crippen LogP contribution in [0.25, 0.3) is 0 Å². The molecule has 28 heavy (non-hydrogen) atoms. The fourth-order valence-electron chi connectivity index (χ4n) is 3.07. The normalized spacial score (nSPS) is 17.9. The fraction of sp³-hybridized carbons (Fsp3) is 0.609. The highest BCUT2D eigenvalue weighted by Gasteiger charge is 2.49. The van der Waals surface area contributed by atoms with Crippen molar-refractivity contribution < 1.29 is 18.8 Å². The van der Waals surface area contributed by atoms with Crippen molar-refractivity contribution in [2.75, 3.05) is 6.61 Å². The van der Waals surface area contributed by atoms with Gasteiger partial charge in [-0.1, -0.05) is 55.9 Å². The smallest absolute Gasteiger partial charge is 0.462 e. The summed E-state index contributed by atoms with van der Waals surface area (Å²) >= 11 is 0. The molecule has 0 N–H and O–H groups in total. The summed E-state index contributed by atoms with van der Waals surface area (Å²) in [6, 6.07) is 9.15. The predicted octanol–water partition coefficient (Wildman–Crippen LogP) is 5.76. The van der Waals surface area contributed by atoms with Crippen LogP contribution in [0.2, 0.25) is 0 Å². The largest absolute Gasteiger partial charge is 0.486 e. The van der Waals surface area contributed by atoms with Crippen molar-refractivity contribution in [3.8, 4) is 0 Å². The van der Waals surface area contributed by atoms with Crippen LogP contribution >= 0.6 is 0 Å². The van der Waals surface area contributed by atoms with E-state index in [0.29, 0.717) is 12.2 Å². The highest BCUT2D eigenvalue weighted by molar-refractivity contribution is 6.51. The van der Waals surface area contributed by atoms with E-state index in [4.69, 9.17) is 14.0 Å². The number of carbonyl (C=O) groups excluding carboxylic acids is 1. The number of hydrogen-bond acceptors (Lipinski definition) is 4. The molecule has 0 bridgehead atoms. The molecule has 154 valence electrons. The Morgan fingerprint density at radius 2 is 1.50 bits per heavy atom. The highest BCUT2D eigenvalue weighted by Crippen LogP contribution is 2.36. The average molecular weight is 386 g/mol. The second kappa shape index (κ2) is 10.8. The van der Waals surface area contributed by atoms with Crippen molar-refractivity contribution in [1.29, 1.82) is 0 Å². The zero-order valence-corrected chi connectivity index (χ0v) is 17.9. The maximum Gasteiger partial charge on any atom is 0.486 e. The van der Waals surface area contributed by atoms with Gasteiger partial charge in [-0.05, 0) is 59.1 Å². The molecule has 0 atom stereocenters. The molecule has 0 unspecified atom stereocenters. The first-order chi connectivity index (χ1) is 13.3. The van der Waals surface area contributed by atoms with Gasteiger partial charge < -0.3 is 14.0 Å². The Labute approximate surface area is 170 Å². The van der Waals surface area contributed by atoms with E-state index in [-0.39, 0.29) is 24.3 Å². The van der Waals surface area contributed by atoms with Gasteiger partial charge >= 0.3 is 13.1 Å². The van der Waals surface area contributed by atoms with E-state index in [2.05, 4.69) is 33.8 Å². The summed E-state index contributed by atoms with van der Waals surface area (Å²) in [5.74, 6) is 1.81. The summed E-state index contributed by atoms with van der Waals surface area (Å²) in [5.41, 5.74) is 0.0885. The lowest BCUT2D eigenvalue weighted by Crippen LogP contribution is -2.41. The number of unbranched alkanes of at least 4 members (excludes halogenated alkanes) is 6. The maximum absolute atomic E-state index is 11.8. The van der Waals surface area contributed by atoms with E-state index in [9.17, 15) is 4.79 Å². The minimum atomic E-state index is -0.266. The van der Waals surface area contributed by atoms with E-state index in [1.807, 2.05) is 24.2 Å². The van der Waals surface area contributed by atoms with E-state index < -0.39 is 0 Å². The van der Waals surface area contributed by atoms with Gasteiger partial charge in [0.2, 0.25) is 0 Å². The van der Waals surface area contributed by atoms with Crippen LogP contribution in [0.4, 0.5) is 0 Å². The molecule has 0 saturated carbocycles. The second-order valence-electron chi connectivity index (χ2n) is 8.46. The Bertz CT molecular complexity index is 609.